The second-order valence-corrected chi connectivity index (χ2v) is 8.37. The molecule has 9 heteroatoms. The Kier molecular flexibility index (Phi) is 6.33. The largest absolute Gasteiger partial charge is 0.610 e. The molecule has 0 aliphatic rings. The second kappa shape index (κ2) is 8.59. The van der Waals surface area contributed by atoms with E-state index in [1.165, 1.54) is 26.2 Å². The molecular weight excluding hydrogens is 437 g/mol. The van der Waals surface area contributed by atoms with Gasteiger partial charge in [-0.3, -0.25) is 9.59 Å². The third-order valence-corrected chi connectivity index (χ3v) is 6.26. The molecule has 0 radical (unpaired) electrons. The van der Waals surface area contributed by atoms with Crippen LogP contribution in [0.1, 0.15) is 33.2 Å². The van der Waals surface area contributed by atoms with Gasteiger partial charge in [0.25, 0.3) is 0 Å². The molecule has 29 heavy (non-hydrogen) atoms. The van der Waals surface area contributed by atoms with Crippen molar-refractivity contribution >= 4 is 57.0 Å². The molecule has 1 aromatic heterocycles. The monoisotopic (exact) mass is 451 g/mol. The van der Waals surface area contributed by atoms with Gasteiger partial charge >= 0.3 is 5.97 Å². The number of ether oxygens (including phenoxy) is 1. The molecule has 1 heterocycles. The number of fused-ring (bicyclic) bond motifs is 1. The Morgan fingerprint density at radius 3 is 2.31 bits per heavy atom. The number of halogens is 2. The second-order valence-electron chi connectivity index (χ2n) is 6.17. The quantitative estimate of drug-likeness (QED) is 0.357. The summed E-state index contributed by atoms with van der Waals surface area (Å²) >= 11 is 10.5. The number of hydrogen-bond donors (Lipinski definition) is 1. The molecule has 0 fully saturated rings. The number of nitrogens with one attached hydrogen (secondary N) is 1. The Balaban J connectivity index is 2.07. The van der Waals surface area contributed by atoms with Crippen molar-refractivity contribution in [1.29, 1.82) is 0 Å². The van der Waals surface area contributed by atoms with Crippen molar-refractivity contribution in [2.24, 2.45) is 0 Å². The molecule has 0 aliphatic heterocycles. The van der Waals surface area contributed by atoms with Gasteiger partial charge in [0, 0.05) is 16.7 Å². The van der Waals surface area contributed by atoms with E-state index in [9.17, 15) is 18.9 Å². The van der Waals surface area contributed by atoms with Crippen LogP contribution in [0.3, 0.4) is 0 Å². The van der Waals surface area contributed by atoms with Crippen LogP contribution in [0.4, 0.5) is 0 Å². The summed E-state index contributed by atoms with van der Waals surface area (Å²) in [5.74, 6) is -1.00. The Bertz CT molecular complexity index is 1170. The smallest absolute Gasteiger partial charge is 0.337 e. The Morgan fingerprint density at radius 1 is 1.10 bits per heavy atom. The lowest BCUT2D eigenvalue weighted by Crippen LogP contribution is -2.22. The van der Waals surface area contributed by atoms with E-state index in [1.54, 1.807) is 24.3 Å². The van der Waals surface area contributed by atoms with Gasteiger partial charge in [-0.2, -0.15) is 0 Å². The molecule has 0 saturated heterocycles. The Morgan fingerprint density at radius 2 is 1.72 bits per heavy atom. The standard InChI is InChI=1S/C20H15Cl2NO5S/c1-10(24)15-18(25)16-13(21)7-8-14(22)17(16)23-19(15)29(27)9-11-3-5-12(6-4-11)20(26)28-2/h3-8H,9H2,1-2H3,(H,23,25). The summed E-state index contributed by atoms with van der Waals surface area (Å²) in [5, 5.41) is 0.421. The predicted octanol–water partition coefficient (Wildman–Crippen LogP) is 4.13. The number of Topliss-reactive ketones (excluding diaryl/α,β-unsaturated/α-hetero) is 1. The van der Waals surface area contributed by atoms with Crippen LogP contribution in [0.2, 0.25) is 10.0 Å². The summed E-state index contributed by atoms with van der Waals surface area (Å²) in [6.45, 7) is 1.22. The highest BCUT2D eigenvalue weighted by Gasteiger charge is 2.27. The molecule has 0 spiro atoms. The fourth-order valence-corrected chi connectivity index (χ4v) is 4.64. The maximum atomic E-state index is 13.0. The molecule has 0 bridgehead atoms. The van der Waals surface area contributed by atoms with Crippen LogP contribution in [-0.4, -0.2) is 28.4 Å². The zero-order valence-corrected chi connectivity index (χ0v) is 17.7. The highest BCUT2D eigenvalue weighted by atomic mass is 35.5. The topological polar surface area (TPSA) is 99.3 Å². The minimum Gasteiger partial charge on any atom is -0.610 e. The van der Waals surface area contributed by atoms with Gasteiger partial charge in [0.2, 0.25) is 10.5 Å². The summed E-state index contributed by atoms with van der Waals surface area (Å²) in [7, 11) is 1.28. The Labute approximate surface area is 179 Å². The lowest BCUT2D eigenvalue weighted by molar-refractivity contribution is 0.0600. The van der Waals surface area contributed by atoms with Gasteiger partial charge in [0.05, 0.1) is 33.6 Å². The Hall–Kier alpha value is -2.32. The molecule has 1 atom stereocenters. The number of H-pyrrole nitrogens is 1. The maximum absolute atomic E-state index is 13.0. The van der Waals surface area contributed by atoms with Gasteiger partial charge < -0.3 is 14.3 Å². The summed E-state index contributed by atoms with van der Waals surface area (Å²) in [6.07, 6.45) is 0. The number of pyridine rings is 1. The van der Waals surface area contributed by atoms with E-state index in [0.717, 1.165) is 0 Å². The van der Waals surface area contributed by atoms with Crippen molar-refractivity contribution in [3.05, 3.63) is 73.4 Å². The highest BCUT2D eigenvalue weighted by Crippen LogP contribution is 2.29. The van der Waals surface area contributed by atoms with Crippen molar-refractivity contribution in [1.82, 2.24) is 4.98 Å². The van der Waals surface area contributed by atoms with Crippen LogP contribution in [0, 0.1) is 0 Å². The minimum absolute atomic E-state index is 0.0152. The van der Waals surface area contributed by atoms with E-state index in [1.807, 2.05) is 0 Å². The first kappa shape index (κ1) is 21.4. The molecule has 1 N–H and O–H groups in total. The summed E-state index contributed by atoms with van der Waals surface area (Å²) < 4.78 is 17.7. The van der Waals surface area contributed by atoms with Crippen molar-refractivity contribution in [3.8, 4) is 0 Å². The van der Waals surface area contributed by atoms with Gasteiger partial charge in [-0.15, -0.1) is 0 Å². The van der Waals surface area contributed by atoms with Gasteiger partial charge in [0.1, 0.15) is 11.3 Å². The molecule has 0 amide bonds. The van der Waals surface area contributed by atoms with Gasteiger partial charge in [-0.1, -0.05) is 35.3 Å². The average Bonchev–Trinajstić information content (AvgIpc) is 2.69. The first-order valence-corrected chi connectivity index (χ1v) is 10.4. The maximum Gasteiger partial charge on any atom is 0.337 e. The first-order chi connectivity index (χ1) is 13.7. The number of methoxy groups -OCH3 is 1. The summed E-state index contributed by atoms with van der Waals surface area (Å²) in [4.78, 5) is 39.5. The molecule has 150 valence electrons. The SMILES string of the molecule is COC(=O)c1ccc(C[S+]([O-])c2[nH]c3c(Cl)ccc(Cl)c3c(=O)c2C(C)=O)cc1. The fraction of sp³-hybridized carbons (Fsp3) is 0.150. The third kappa shape index (κ3) is 4.18. The van der Waals surface area contributed by atoms with Crippen molar-refractivity contribution in [2.75, 3.05) is 7.11 Å². The van der Waals surface area contributed by atoms with E-state index in [2.05, 4.69) is 9.72 Å². The number of aromatic nitrogens is 1. The fourth-order valence-electron chi connectivity index (χ4n) is 2.87. The van der Waals surface area contributed by atoms with E-state index < -0.39 is 28.4 Å². The summed E-state index contributed by atoms with van der Waals surface area (Å²) in [5.41, 5.74) is 0.378. The van der Waals surface area contributed by atoms with Crippen LogP contribution >= 0.6 is 23.2 Å². The number of esters is 1. The molecular formula is C20H15Cl2NO5S. The van der Waals surface area contributed by atoms with Crippen LogP contribution in [0.15, 0.2) is 46.2 Å². The number of rotatable bonds is 5. The van der Waals surface area contributed by atoms with Crippen LogP contribution in [0.5, 0.6) is 0 Å². The zero-order chi connectivity index (χ0) is 21.3. The van der Waals surface area contributed by atoms with Gasteiger partial charge in [0.15, 0.2) is 5.78 Å². The van der Waals surface area contributed by atoms with Crippen LogP contribution in [-0.2, 0) is 21.7 Å². The lowest BCUT2D eigenvalue weighted by atomic mass is 10.1. The number of aromatic amines is 1. The van der Waals surface area contributed by atoms with Crippen molar-refractivity contribution in [2.45, 2.75) is 17.7 Å². The molecule has 3 aromatic rings. The molecule has 0 saturated carbocycles. The third-order valence-electron chi connectivity index (χ3n) is 4.28. The summed E-state index contributed by atoms with van der Waals surface area (Å²) in [6, 6.07) is 9.31. The van der Waals surface area contributed by atoms with E-state index in [4.69, 9.17) is 23.2 Å². The van der Waals surface area contributed by atoms with Crippen LogP contribution < -0.4 is 5.43 Å². The van der Waals surface area contributed by atoms with E-state index in [-0.39, 0.29) is 37.3 Å². The lowest BCUT2D eigenvalue weighted by Gasteiger charge is -2.15. The number of ketones is 1. The predicted molar refractivity (Wildman–Crippen MR) is 112 cm³/mol. The van der Waals surface area contributed by atoms with Crippen LogP contribution in [0.25, 0.3) is 10.9 Å². The molecule has 1 unspecified atom stereocenters. The molecule has 0 aliphatic carbocycles. The number of carbonyl (C=O) groups excluding carboxylic acids is 2. The number of carbonyl (C=O) groups is 2. The minimum atomic E-state index is -1.76. The number of hydrogen-bond acceptors (Lipinski definition) is 5. The first-order valence-electron chi connectivity index (χ1n) is 8.35. The average molecular weight is 452 g/mol. The normalized spacial score (nSPS) is 12.0. The highest BCUT2D eigenvalue weighted by molar-refractivity contribution is 7.90. The van der Waals surface area contributed by atoms with Crippen molar-refractivity contribution in [3.63, 3.8) is 0 Å². The van der Waals surface area contributed by atoms with Gasteiger partial charge in [-0.05, 0) is 31.2 Å². The zero-order valence-electron chi connectivity index (χ0n) is 15.4. The number of benzene rings is 2. The van der Waals surface area contributed by atoms with Crippen molar-refractivity contribution < 1.29 is 18.9 Å². The van der Waals surface area contributed by atoms with E-state index in [0.29, 0.717) is 11.1 Å². The van der Waals surface area contributed by atoms with E-state index >= 15 is 0 Å². The molecule has 2 aromatic carbocycles. The van der Waals surface area contributed by atoms with Gasteiger partial charge in [-0.25, -0.2) is 4.79 Å². The molecule has 3 rings (SSSR count). The molecule has 6 nitrogen and oxygen atoms in total.